The summed E-state index contributed by atoms with van der Waals surface area (Å²) in [5, 5.41) is 9.76. The zero-order chi connectivity index (χ0) is 24.9. The monoisotopic (exact) mass is 472 g/mol. The SMILES string of the molecule is CC(C)(C)c1ccc(C2CC(=O)C3=C(C2)Nc2ccccc2NC3c2ccc3ccccc3c2)cc1. The highest BCUT2D eigenvalue weighted by molar-refractivity contribution is 6.01. The van der Waals surface area contributed by atoms with Gasteiger partial charge in [0.15, 0.2) is 5.78 Å². The Bertz CT molecular complexity index is 1490. The Hall–Kier alpha value is -3.85. The fraction of sp³-hybridized carbons (Fsp3) is 0.242. The standard InChI is InChI=1S/C33H32N2O/c1-33(2,3)26-16-14-22(15-17-26)25-19-29-31(30(36)20-25)32(35-28-11-7-6-10-27(28)34-29)24-13-12-21-8-4-5-9-23(21)18-24/h4-18,25,32,34-35H,19-20H2,1-3H3. The molecule has 2 aliphatic rings. The number of hydrogen-bond donors (Lipinski definition) is 2. The quantitative estimate of drug-likeness (QED) is 0.309. The van der Waals surface area contributed by atoms with Crippen molar-refractivity contribution in [1.29, 1.82) is 0 Å². The van der Waals surface area contributed by atoms with Gasteiger partial charge in [0.05, 0.1) is 17.4 Å². The van der Waals surface area contributed by atoms with E-state index in [4.69, 9.17) is 0 Å². The summed E-state index contributed by atoms with van der Waals surface area (Å²) in [6.45, 7) is 6.70. The Balaban J connectivity index is 1.42. The lowest BCUT2D eigenvalue weighted by atomic mass is 9.77. The lowest BCUT2D eigenvalue weighted by Crippen LogP contribution is -2.27. The predicted octanol–water partition coefficient (Wildman–Crippen LogP) is 8.12. The van der Waals surface area contributed by atoms with E-state index in [1.807, 2.05) is 12.1 Å². The van der Waals surface area contributed by atoms with Crippen LogP contribution >= 0.6 is 0 Å². The normalized spacial score (nSPS) is 19.7. The molecule has 0 fully saturated rings. The summed E-state index contributed by atoms with van der Waals surface area (Å²) in [7, 11) is 0. The van der Waals surface area contributed by atoms with Crippen molar-refractivity contribution >= 4 is 27.9 Å². The first-order chi connectivity index (χ1) is 17.4. The second-order valence-corrected chi connectivity index (χ2v) is 11.1. The number of fused-ring (bicyclic) bond motifs is 2. The van der Waals surface area contributed by atoms with Crippen LogP contribution in [0.1, 0.15) is 62.3 Å². The van der Waals surface area contributed by atoms with Gasteiger partial charge in [-0.3, -0.25) is 4.79 Å². The molecule has 3 heteroatoms. The minimum absolute atomic E-state index is 0.113. The van der Waals surface area contributed by atoms with Crippen molar-refractivity contribution in [2.75, 3.05) is 10.6 Å². The third kappa shape index (κ3) is 4.09. The number of allylic oxidation sites excluding steroid dienone is 1. The van der Waals surface area contributed by atoms with E-state index in [9.17, 15) is 4.79 Å². The maximum absolute atomic E-state index is 13.9. The fourth-order valence-corrected chi connectivity index (χ4v) is 5.62. The first-order valence-electron chi connectivity index (χ1n) is 12.8. The van der Waals surface area contributed by atoms with Crippen LogP contribution in [0.25, 0.3) is 10.8 Å². The van der Waals surface area contributed by atoms with E-state index in [1.165, 1.54) is 21.9 Å². The summed E-state index contributed by atoms with van der Waals surface area (Å²) >= 11 is 0. The number of anilines is 2. The van der Waals surface area contributed by atoms with Crippen molar-refractivity contribution in [1.82, 2.24) is 0 Å². The predicted molar refractivity (Wildman–Crippen MR) is 150 cm³/mol. The molecule has 1 aliphatic carbocycles. The van der Waals surface area contributed by atoms with E-state index >= 15 is 0 Å². The van der Waals surface area contributed by atoms with Gasteiger partial charge >= 0.3 is 0 Å². The number of hydrogen-bond acceptors (Lipinski definition) is 3. The van der Waals surface area contributed by atoms with E-state index in [0.29, 0.717) is 6.42 Å². The summed E-state index contributed by atoms with van der Waals surface area (Å²) in [5.74, 6) is 0.382. The summed E-state index contributed by atoms with van der Waals surface area (Å²) < 4.78 is 0. The van der Waals surface area contributed by atoms with Gasteiger partial charge < -0.3 is 10.6 Å². The molecule has 0 saturated heterocycles. The lowest BCUT2D eigenvalue weighted by molar-refractivity contribution is -0.116. The zero-order valence-electron chi connectivity index (χ0n) is 21.1. The molecule has 6 rings (SSSR count). The molecule has 0 bridgehead atoms. The van der Waals surface area contributed by atoms with Crippen molar-refractivity contribution in [3.8, 4) is 0 Å². The summed E-state index contributed by atoms with van der Waals surface area (Å²) in [4.78, 5) is 13.9. The average molecular weight is 473 g/mol. The third-order valence-electron chi connectivity index (χ3n) is 7.66. The highest BCUT2D eigenvalue weighted by atomic mass is 16.1. The Morgan fingerprint density at radius 2 is 1.39 bits per heavy atom. The Morgan fingerprint density at radius 1 is 0.722 bits per heavy atom. The van der Waals surface area contributed by atoms with Crippen LogP contribution in [0.4, 0.5) is 11.4 Å². The third-order valence-corrected chi connectivity index (χ3v) is 7.66. The maximum Gasteiger partial charge on any atom is 0.163 e. The molecular formula is C33H32N2O. The molecule has 2 N–H and O–H groups in total. The number of carbonyl (C=O) groups is 1. The molecule has 1 heterocycles. The van der Waals surface area contributed by atoms with Crippen LogP contribution in [0, 0.1) is 0 Å². The molecule has 0 spiro atoms. The van der Waals surface area contributed by atoms with Crippen LogP contribution in [0.3, 0.4) is 0 Å². The summed E-state index contributed by atoms with van der Waals surface area (Å²) in [6.07, 6.45) is 1.34. The molecule has 0 radical (unpaired) electrons. The highest BCUT2D eigenvalue weighted by Gasteiger charge is 2.36. The van der Waals surface area contributed by atoms with Gasteiger partial charge in [0.25, 0.3) is 0 Å². The lowest BCUT2D eigenvalue weighted by Gasteiger charge is -2.30. The minimum Gasteiger partial charge on any atom is -0.372 e. The zero-order valence-corrected chi connectivity index (χ0v) is 21.1. The van der Waals surface area contributed by atoms with Gasteiger partial charge in [0, 0.05) is 17.7 Å². The van der Waals surface area contributed by atoms with Gasteiger partial charge in [-0.2, -0.15) is 0 Å². The van der Waals surface area contributed by atoms with E-state index in [2.05, 4.69) is 110 Å². The van der Waals surface area contributed by atoms with Crippen molar-refractivity contribution in [3.05, 3.63) is 119 Å². The van der Waals surface area contributed by atoms with Gasteiger partial charge in [-0.05, 0) is 63.4 Å². The average Bonchev–Trinajstić information content (AvgIpc) is 3.05. The van der Waals surface area contributed by atoms with Crippen LogP contribution in [-0.2, 0) is 10.2 Å². The Labute approximate surface area is 213 Å². The highest BCUT2D eigenvalue weighted by Crippen LogP contribution is 2.44. The molecule has 4 aromatic rings. The van der Waals surface area contributed by atoms with Crippen molar-refractivity contribution in [2.24, 2.45) is 0 Å². The second kappa shape index (κ2) is 8.67. The van der Waals surface area contributed by atoms with Gasteiger partial charge in [0.2, 0.25) is 0 Å². The maximum atomic E-state index is 13.9. The number of para-hydroxylation sites is 2. The molecule has 3 nitrogen and oxygen atoms in total. The number of Topliss-reactive ketones (excluding diaryl/α,β-unsaturated/α-hetero) is 1. The first-order valence-corrected chi connectivity index (χ1v) is 12.8. The minimum atomic E-state index is -0.197. The molecule has 4 aromatic carbocycles. The topological polar surface area (TPSA) is 41.1 Å². The van der Waals surface area contributed by atoms with E-state index in [0.717, 1.165) is 34.6 Å². The van der Waals surface area contributed by atoms with Gasteiger partial charge in [-0.15, -0.1) is 0 Å². The van der Waals surface area contributed by atoms with E-state index in [1.54, 1.807) is 0 Å². The number of rotatable bonds is 2. The number of carbonyl (C=O) groups excluding carboxylic acids is 1. The molecule has 36 heavy (non-hydrogen) atoms. The fourth-order valence-electron chi connectivity index (χ4n) is 5.62. The van der Waals surface area contributed by atoms with Crippen LogP contribution < -0.4 is 10.6 Å². The molecule has 1 aliphatic heterocycles. The molecule has 2 unspecified atom stereocenters. The van der Waals surface area contributed by atoms with Crippen LogP contribution in [0.5, 0.6) is 0 Å². The molecule has 0 saturated carbocycles. The van der Waals surface area contributed by atoms with E-state index < -0.39 is 0 Å². The summed E-state index contributed by atoms with van der Waals surface area (Å²) in [5.41, 5.74) is 7.71. The van der Waals surface area contributed by atoms with Crippen molar-refractivity contribution in [3.63, 3.8) is 0 Å². The molecule has 180 valence electrons. The van der Waals surface area contributed by atoms with Crippen LogP contribution in [-0.4, -0.2) is 5.78 Å². The van der Waals surface area contributed by atoms with Gasteiger partial charge in [-0.1, -0.05) is 93.6 Å². The Morgan fingerprint density at radius 3 is 2.14 bits per heavy atom. The molecule has 2 atom stereocenters. The summed E-state index contributed by atoms with van der Waals surface area (Å²) in [6, 6.07) is 31.8. The number of benzene rings is 4. The second-order valence-electron chi connectivity index (χ2n) is 11.1. The van der Waals surface area contributed by atoms with Crippen LogP contribution in [0.2, 0.25) is 0 Å². The Kier molecular flexibility index (Phi) is 5.44. The van der Waals surface area contributed by atoms with Crippen LogP contribution in [0.15, 0.2) is 102 Å². The smallest absolute Gasteiger partial charge is 0.163 e. The van der Waals surface area contributed by atoms with Crippen molar-refractivity contribution < 1.29 is 4.79 Å². The molecular weight excluding hydrogens is 440 g/mol. The number of nitrogens with one attached hydrogen (secondary N) is 2. The van der Waals surface area contributed by atoms with E-state index in [-0.39, 0.29) is 23.2 Å². The number of ketones is 1. The molecule has 0 amide bonds. The molecule has 0 aromatic heterocycles. The van der Waals surface area contributed by atoms with Gasteiger partial charge in [0.1, 0.15) is 0 Å². The first kappa shape index (κ1) is 22.6. The van der Waals surface area contributed by atoms with Gasteiger partial charge in [-0.25, -0.2) is 0 Å². The van der Waals surface area contributed by atoms with Crippen molar-refractivity contribution in [2.45, 2.75) is 51.0 Å². The largest absolute Gasteiger partial charge is 0.372 e.